The first-order chi connectivity index (χ1) is 9.56. The summed E-state index contributed by atoms with van der Waals surface area (Å²) >= 11 is 5.20. The van der Waals surface area contributed by atoms with Gasteiger partial charge in [-0.25, -0.2) is 4.39 Å². The Hall–Kier alpha value is -0.710. The Kier molecular flexibility index (Phi) is 5.75. The van der Waals surface area contributed by atoms with Gasteiger partial charge < -0.3 is 5.32 Å². The highest BCUT2D eigenvalue weighted by molar-refractivity contribution is 9.11. The van der Waals surface area contributed by atoms with Gasteiger partial charge in [-0.15, -0.1) is 11.3 Å². The molecule has 1 nitrogen and oxygen atoms in total. The van der Waals surface area contributed by atoms with Crippen LogP contribution in [0, 0.1) is 5.82 Å². The Morgan fingerprint density at radius 1 is 1.20 bits per heavy atom. The zero-order valence-corrected chi connectivity index (χ0v) is 14.1. The van der Waals surface area contributed by atoms with Crippen LogP contribution in [0.15, 0.2) is 40.2 Å². The van der Waals surface area contributed by atoms with Crippen LogP contribution >= 0.6 is 27.3 Å². The number of rotatable bonds is 6. The van der Waals surface area contributed by atoms with Gasteiger partial charge in [-0.05, 0) is 46.1 Å². The van der Waals surface area contributed by atoms with Gasteiger partial charge in [0.25, 0.3) is 0 Å². The van der Waals surface area contributed by atoms with E-state index in [1.165, 1.54) is 4.88 Å². The minimum absolute atomic E-state index is 0.112. The third-order valence-corrected chi connectivity index (χ3v) is 4.84. The molecule has 108 valence electrons. The zero-order valence-electron chi connectivity index (χ0n) is 11.7. The van der Waals surface area contributed by atoms with Crippen molar-refractivity contribution in [3.05, 3.63) is 56.4 Å². The number of nitrogens with one attached hydrogen (secondary N) is 1. The Morgan fingerprint density at radius 2 is 1.95 bits per heavy atom. The van der Waals surface area contributed by atoms with Crippen molar-refractivity contribution >= 4 is 27.3 Å². The maximum Gasteiger partial charge on any atom is 0.126 e. The van der Waals surface area contributed by atoms with Crippen molar-refractivity contribution in [2.75, 3.05) is 6.54 Å². The minimum atomic E-state index is -0.112. The lowest BCUT2D eigenvalue weighted by Gasteiger charge is -2.19. The topological polar surface area (TPSA) is 12.0 Å². The SMILES string of the molecule is CC(C)NCC(Cc1ccc(Br)s1)c1ccccc1F. The van der Waals surface area contributed by atoms with Crippen molar-refractivity contribution in [1.82, 2.24) is 5.32 Å². The van der Waals surface area contributed by atoms with Crippen LogP contribution in [-0.2, 0) is 6.42 Å². The Bertz CT molecular complexity index is 553. The lowest BCUT2D eigenvalue weighted by atomic mass is 9.94. The Labute approximate surface area is 132 Å². The summed E-state index contributed by atoms with van der Waals surface area (Å²) in [7, 11) is 0. The van der Waals surface area contributed by atoms with Crippen molar-refractivity contribution in [3.63, 3.8) is 0 Å². The van der Waals surface area contributed by atoms with E-state index in [1.807, 2.05) is 18.2 Å². The van der Waals surface area contributed by atoms with Crippen LogP contribution in [-0.4, -0.2) is 12.6 Å². The van der Waals surface area contributed by atoms with E-state index in [-0.39, 0.29) is 11.7 Å². The van der Waals surface area contributed by atoms with Crippen LogP contribution in [0.5, 0.6) is 0 Å². The molecule has 1 aromatic heterocycles. The predicted octanol–water partition coefficient (Wildman–Crippen LogP) is 4.97. The molecule has 1 atom stereocenters. The lowest BCUT2D eigenvalue weighted by Crippen LogP contribution is -2.29. The van der Waals surface area contributed by atoms with Crippen LogP contribution in [0.2, 0.25) is 0 Å². The second-order valence-electron chi connectivity index (χ2n) is 5.19. The molecular weight excluding hydrogens is 337 g/mol. The van der Waals surface area contributed by atoms with E-state index in [1.54, 1.807) is 23.5 Å². The molecule has 0 amide bonds. The zero-order chi connectivity index (χ0) is 14.5. The molecule has 2 aromatic rings. The summed E-state index contributed by atoms with van der Waals surface area (Å²) in [5.41, 5.74) is 0.796. The number of benzene rings is 1. The van der Waals surface area contributed by atoms with Crippen LogP contribution < -0.4 is 5.32 Å². The lowest BCUT2D eigenvalue weighted by molar-refractivity contribution is 0.507. The van der Waals surface area contributed by atoms with E-state index in [9.17, 15) is 4.39 Å². The van der Waals surface area contributed by atoms with E-state index in [0.29, 0.717) is 6.04 Å². The first kappa shape index (κ1) is 15.7. The van der Waals surface area contributed by atoms with Gasteiger partial charge in [0.05, 0.1) is 3.79 Å². The predicted molar refractivity (Wildman–Crippen MR) is 88.0 cm³/mol. The van der Waals surface area contributed by atoms with Gasteiger partial charge in [0.2, 0.25) is 0 Å². The molecule has 0 aliphatic carbocycles. The Balaban J connectivity index is 2.18. The van der Waals surface area contributed by atoms with Crippen LogP contribution in [0.1, 0.15) is 30.2 Å². The van der Waals surface area contributed by atoms with Gasteiger partial charge in [0.15, 0.2) is 0 Å². The molecule has 0 aliphatic rings. The van der Waals surface area contributed by atoms with E-state index in [0.717, 1.165) is 22.3 Å². The molecule has 0 radical (unpaired) electrons. The second-order valence-corrected chi connectivity index (χ2v) is 7.74. The summed E-state index contributed by atoms with van der Waals surface area (Å²) in [6.45, 7) is 5.01. The smallest absolute Gasteiger partial charge is 0.126 e. The standard InChI is InChI=1S/C16H19BrFNS/c1-11(2)19-10-12(9-13-7-8-16(17)20-13)14-5-3-4-6-15(14)18/h3-8,11-12,19H,9-10H2,1-2H3. The normalized spacial score (nSPS) is 12.8. The monoisotopic (exact) mass is 355 g/mol. The third kappa shape index (κ3) is 4.40. The average Bonchev–Trinajstić information content (AvgIpc) is 2.81. The van der Waals surface area contributed by atoms with Crippen LogP contribution in [0.25, 0.3) is 0 Å². The van der Waals surface area contributed by atoms with E-state index in [4.69, 9.17) is 0 Å². The third-order valence-electron chi connectivity index (χ3n) is 3.19. The largest absolute Gasteiger partial charge is 0.314 e. The summed E-state index contributed by atoms with van der Waals surface area (Å²) in [5, 5.41) is 3.42. The minimum Gasteiger partial charge on any atom is -0.314 e. The summed E-state index contributed by atoms with van der Waals surface area (Å²) in [5.74, 6) is 0.0443. The molecule has 0 saturated carbocycles. The molecule has 0 aliphatic heterocycles. The summed E-state index contributed by atoms with van der Waals surface area (Å²) < 4.78 is 15.2. The molecule has 1 N–H and O–H groups in total. The molecule has 20 heavy (non-hydrogen) atoms. The van der Waals surface area contributed by atoms with Crippen molar-refractivity contribution in [2.45, 2.75) is 32.2 Å². The summed E-state index contributed by atoms with van der Waals surface area (Å²) in [6.07, 6.45) is 0.858. The molecule has 1 heterocycles. The fourth-order valence-electron chi connectivity index (χ4n) is 2.18. The highest BCUT2D eigenvalue weighted by atomic mass is 79.9. The second kappa shape index (κ2) is 7.34. The molecule has 2 rings (SSSR count). The van der Waals surface area contributed by atoms with Crippen LogP contribution in [0.3, 0.4) is 0 Å². The maximum atomic E-state index is 14.0. The molecule has 0 spiro atoms. The van der Waals surface area contributed by atoms with Gasteiger partial charge in [0.1, 0.15) is 5.82 Å². The molecule has 1 aromatic carbocycles. The van der Waals surface area contributed by atoms with Gasteiger partial charge in [-0.2, -0.15) is 0 Å². The van der Waals surface area contributed by atoms with Gasteiger partial charge >= 0.3 is 0 Å². The first-order valence-corrected chi connectivity index (χ1v) is 8.39. The van der Waals surface area contributed by atoms with E-state index >= 15 is 0 Å². The molecule has 1 unspecified atom stereocenters. The van der Waals surface area contributed by atoms with Crippen LogP contribution in [0.4, 0.5) is 4.39 Å². The molecule has 4 heteroatoms. The highest BCUT2D eigenvalue weighted by Gasteiger charge is 2.17. The molecule has 0 bridgehead atoms. The van der Waals surface area contributed by atoms with Gasteiger partial charge in [-0.1, -0.05) is 32.0 Å². The highest BCUT2D eigenvalue weighted by Crippen LogP contribution is 2.29. The van der Waals surface area contributed by atoms with Gasteiger partial charge in [-0.3, -0.25) is 0 Å². The number of thiophene rings is 1. The van der Waals surface area contributed by atoms with Gasteiger partial charge in [0, 0.05) is 23.4 Å². The number of hydrogen-bond acceptors (Lipinski definition) is 2. The number of hydrogen-bond donors (Lipinski definition) is 1. The van der Waals surface area contributed by atoms with Crippen molar-refractivity contribution < 1.29 is 4.39 Å². The van der Waals surface area contributed by atoms with Crippen molar-refractivity contribution in [1.29, 1.82) is 0 Å². The van der Waals surface area contributed by atoms with Crippen molar-refractivity contribution in [3.8, 4) is 0 Å². The van der Waals surface area contributed by atoms with Crippen molar-refractivity contribution in [2.24, 2.45) is 0 Å². The van der Waals surface area contributed by atoms with E-state index in [2.05, 4.69) is 41.2 Å². The fourth-order valence-corrected chi connectivity index (χ4v) is 3.74. The first-order valence-electron chi connectivity index (χ1n) is 6.78. The maximum absolute atomic E-state index is 14.0. The quantitative estimate of drug-likeness (QED) is 0.770. The molecule has 0 saturated heterocycles. The van der Waals surface area contributed by atoms with E-state index < -0.39 is 0 Å². The molecule has 0 fully saturated rings. The Morgan fingerprint density at radius 3 is 2.55 bits per heavy atom. The number of halogens is 2. The molecular formula is C16H19BrFNS. The fraction of sp³-hybridized carbons (Fsp3) is 0.375. The average molecular weight is 356 g/mol. The summed E-state index contributed by atoms with van der Waals surface area (Å²) in [4.78, 5) is 1.27. The summed E-state index contributed by atoms with van der Waals surface area (Å²) in [6, 6.07) is 11.6.